The highest BCUT2D eigenvalue weighted by Gasteiger charge is 2.10. The van der Waals surface area contributed by atoms with Gasteiger partial charge in [0.2, 0.25) is 11.6 Å². The van der Waals surface area contributed by atoms with Gasteiger partial charge in [-0.05, 0) is 18.6 Å². The van der Waals surface area contributed by atoms with E-state index in [1.165, 1.54) is 11.8 Å². The molecule has 0 unspecified atom stereocenters. The van der Waals surface area contributed by atoms with E-state index >= 15 is 0 Å². The summed E-state index contributed by atoms with van der Waals surface area (Å²) in [5.74, 6) is 0.432. The van der Waals surface area contributed by atoms with Crippen molar-refractivity contribution in [3.05, 3.63) is 40.7 Å². The fourth-order valence-corrected chi connectivity index (χ4v) is 2.45. The zero-order valence-corrected chi connectivity index (χ0v) is 12.4. The van der Waals surface area contributed by atoms with E-state index in [9.17, 15) is 9.90 Å². The molecule has 0 saturated carbocycles. The first-order valence-electron chi connectivity index (χ1n) is 6.63. The summed E-state index contributed by atoms with van der Waals surface area (Å²) in [4.78, 5) is 18.4. The van der Waals surface area contributed by atoms with E-state index < -0.39 is 11.4 Å². The van der Waals surface area contributed by atoms with E-state index in [1.807, 2.05) is 18.2 Å². The van der Waals surface area contributed by atoms with Crippen LogP contribution < -0.4 is 5.56 Å². The molecule has 1 aromatic carbocycles. The Morgan fingerprint density at radius 3 is 2.71 bits per heavy atom. The first-order valence-corrected chi connectivity index (χ1v) is 7.62. The number of H-pyrrole nitrogens is 1. The molecule has 0 fully saturated rings. The van der Waals surface area contributed by atoms with Crippen molar-refractivity contribution < 1.29 is 5.11 Å². The van der Waals surface area contributed by atoms with Crippen molar-refractivity contribution in [3.63, 3.8) is 0 Å². The Labute approximate surface area is 126 Å². The number of hydrogen-bond donors (Lipinski definition) is 2. The minimum absolute atomic E-state index is 0.182. The number of benzene rings is 1. The third kappa shape index (κ3) is 4.42. The average molecular weight is 304 g/mol. The number of hydrogen-bond acceptors (Lipinski definition) is 6. The smallest absolute Gasteiger partial charge is 0.283 e. The van der Waals surface area contributed by atoms with Crippen molar-refractivity contribution >= 4 is 23.1 Å². The third-order valence-electron chi connectivity index (χ3n) is 2.61. The van der Waals surface area contributed by atoms with Crippen LogP contribution in [-0.2, 0) is 0 Å². The van der Waals surface area contributed by atoms with Gasteiger partial charge in [0.15, 0.2) is 5.16 Å². The number of nitrogens with one attached hydrogen (secondary N) is 1. The Morgan fingerprint density at radius 2 is 2.05 bits per heavy atom. The average Bonchev–Trinajstić information content (AvgIpc) is 2.48. The molecular formula is C14H16N4O2S. The largest absolute Gasteiger partial charge is 0.491 e. The number of aromatic nitrogens is 2. The quantitative estimate of drug-likeness (QED) is 0.368. The lowest BCUT2D eigenvalue weighted by atomic mass is 10.3. The van der Waals surface area contributed by atoms with Gasteiger partial charge in [-0.15, -0.1) is 5.11 Å². The lowest BCUT2D eigenvalue weighted by Gasteiger charge is -2.01. The molecule has 0 saturated heterocycles. The summed E-state index contributed by atoms with van der Waals surface area (Å²) in [5, 5.41) is 17.9. The number of rotatable bonds is 6. The van der Waals surface area contributed by atoms with E-state index in [0.717, 1.165) is 18.6 Å². The van der Waals surface area contributed by atoms with Gasteiger partial charge in [0.05, 0.1) is 5.69 Å². The molecule has 0 spiro atoms. The lowest BCUT2D eigenvalue weighted by Crippen LogP contribution is -2.08. The molecule has 6 nitrogen and oxygen atoms in total. The van der Waals surface area contributed by atoms with Gasteiger partial charge in [0.25, 0.3) is 5.56 Å². The van der Waals surface area contributed by atoms with Crippen LogP contribution in [0.15, 0.2) is 50.5 Å². The Hall–Kier alpha value is -2.15. The monoisotopic (exact) mass is 304 g/mol. The van der Waals surface area contributed by atoms with Crippen LogP contribution in [0.2, 0.25) is 0 Å². The van der Waals surface area contributed by atoms with Crippen LogP contribution in [0.4, 0.5) is 11.4 Å². The second kappa shape index (κ2) is 7.58. The highest BCUT2D eigenvalue weighted by molar-refractivity contribution is 7.99. The Morgan fingerprint density at radius 1 is 1.29 bits per heavy atom. The molecule has 1 aromatic heterocycles. The van der Waals surface area contributed by atoms with Crippen molar-refractivity contribution in [1.82, 2.24) is 9.97 Å². The summed E-state index contributed by atoms with van der Waals surface area (Å²) >= 11 is 1.40. The topological polar surface area (TPSA) is 90.7 Å². The van der Waals surface area contributed by atoms with Gasteiger partial charge >= 0.3 is 0 Å². The van der Waals surface area contributed by atoms with Crippen molar-refractivity contribution in [1.29, 1.82) is 0 Å². The van der Waals surface area contributed by atoms with E-state index in [1.54, 1.807) is 12.1 Å². The van der Waals surface area contributed by atoms with Gasteiger partial charge in [-0.25, -0.2) is 0 Å². The van der Waals surface area contributed by atoms with Crippen LogP contribution in [-0.4, -0.2) is 20.8 Å². The molecule has 0 aliphatic carbocycles. The van der Waals surface area contributed by atoms with Gasteiger partial charge in [-0.1, -0.05) is 43.3 Å². The maximum absolute atomic E-state index is 11.9. The Balaban J connectivity index is 2.17. The molecule has 2 rings (SSSR count). The molecule has 0 aliphatic rings. The normalized spacial score (nSPS) is 11.1. The summed E-state index contributed by atoms with van der Waals surface area (Å²) in [6, 6.07) is 8.97. The third-order valence-corrected chi connectivity index (χ3v) is 3.57. The first-order chi connectivity index (χ1) is 10.2. The van der Waals surface area contributed by atoms with Crippen LogP contribution in [0.3, 0.4) is 0 Å². The number of thioether (sulfide) groups is 1. The molecule has 110 valence electrons. The van der Waals surface area contributed by atoms with Crippen LogP contribution in [0.25, 0.3) is 0 Å². The fourth-order valence-electron chi connectivity index (χ4n) is 1.51. The van der Waals surface area contributed by atoms with Crippen LogP contribution in [0.1, 0.15) is 19.8 Å². The highest BCUT2D eigenvalue weighted by Crippen LogP contribution is 2.24. The summed E-state index contributed by atoms with van der Waals surface area (Å²) in [6.45, 7) is 2.08. The minimum atomic E-state index is -0.499. The number of azo groups is 1. The fraction of sp³-hybridized carbons (Fsp3) is 0.286. The van der Waals surface area contributed by atoms with Gasteiger partial charge < -0.3 is 5.11 Å². The standard InChI is InChI=1S/C14H16N4O2S/c1-2-3-9-21-14-15-12(19)11(13(20)16-14)18-17-10-7-5-4-6-8-10/h4-8H,2-3,9H2,1H3,(H2,15,16,19,20). The molecule has 0 aliphatic heterocycles. The number of aromatic amines is 1. The molecule has 7 heteroatoms. The number of nitrogens with zero attached hydrogens (tertiary/aromatic N) is 3. The first kappa shape index (κ1) is 15.2. The van der Waals surface area contributed by atoms with Gasteiger partial charge in [-0.2, -0.15) is 10.1 Å². The molecule has 21 heavy (non-hydrogen) atoms. The van der Waals surface area contributed by atoms with Crippen molar-refractivity contribution in [2.24, 2.45) is 10.2 Å². The highest BCUT2D eigenvalue weighted by atomic mass is 32.2. The summed E-state index contributed by atoms with van der Waals surface area (Å²) in [7, 11) is 0. The second-order valence-electron chi connectivity index (χ2n) is 4.28. The SMILES string of the molecule is CCCCSc1nc(O)c(N=Nc2ccccc2)c(=O)[nH]1. The van der Waals surface area contributed by atoms with Gasteiger partial charge in [-0.3, -0.25) is 9.78 Å². The van der Waals surface area contributed by atoms with E-state index in [0.29, 0.717) is 10.8 Å². The predicted octanol–water partition coefficient (Wildman–Crippen LogP) is 3.78. The number of unbranched alkanes of at least 4 members (excludes halogenated alkanes) is 1. The molecule has 0 amide bonds. The molecule has 2 aromatic rings. The molecule has 0 radical (unpaired) electrons. The van der Waals surface area contributed by atoms with Crippen molar-refractivity contribution in [3.8, 4) is 5.88 Å². The zero-order chi connectivity index (χ0) is 15.1. The van der Waals surface area contributed by atoms with Crippen LogP contribution in [0, 0.1) is 0 Å². The minimum Gasteiger partial charge on any atom is -0.491 e. The molecule has 0 bridgehead atoms. The van der Waals surface area contributed by atoms with E-state index in [-0.39, 0.29) is 5.69 Å². The summed E-state index contributed by atoms with van der Waals surface area (Å²) in [5.41, 5.74) is -0.0856. The van der Waals surface area contributed by atoms with E-state index in [2.05, 4.69) is 27.1 Å². The second-order valence-corrected chi connectivity index (χ2v) is 5.36. The van der Waals surface area contributed by atoms with E-state index in [4.69, 9.17) is 0 Å². The van der Waals surface area contributed by atoms with Gasteiger partial charge in [0.1, 0.15) is 0 Å². The van der Waals surface area contributed by atoms with Gasteiger partial charge in [0, 0.05) is 5.75 Å². The molecule has 1 heterocycles. The molecule has 0 atom stereocenters. The lowest BCUT2D eigenvalue weighted by molar-refractivity contribution is 0.445. The van der Waals surface area contributed by atoms with Crippen LogP contribution >= 0.6 is 11.8 Å². The zero-order valence-electron chi connectivity index (χ0n) is 11.6. The maximum atomic E-state index is 11.9. The predicted molar refractivity (Wildman–Crippen MR) is 82.8 cm³/mol. The van der Waals surface area contributed by atoms with Crippen molar-refractivity contribution in [2.75, 3.05) is 5.75 Å². The Kier molecular flexibility index (Phi) is 5.51. The van der Waals surface area contributed by atoms with Crippen LogP contribution in [0.5, 0.6) is 5.88 Å². The summed E-state index contributed by atoms with van der Waals surface area (Å²) in [6.07, 6.45) is 2.08. The van der Waals surface area contributed by atoms with Crippen molar-refractivity contribution in [2.45, 2.75) is 24.9 Å². The number of aromatic hydroxyl groups is 1. The Bertz CT molecular complexity index is 670. The maximum Gasteiger partial charge on any atom is 0.283 e. The molecule has 2 N–H and O–H groups in total. The summed E-state index contributed by atoms with van der Waals surface area (Å²) < 4.78 is 0. The molecular weight excluding hydrogens is 288 g/mol.